The maximum absolute atomic E-state index is 6.37. The second kappa shape index (κ2) is 8.50. The van der Waals surface area contributed by atoms with E-state index in [9.17, 15) is 0 Å². The van der Waals surface area contributed by atoms with Gasteiger partial charge in [-0.05, 0) is 82.3 Å². The van der Waals surface area contributed by atoms with Gasteiger partial charge in [0, 0.05) is 10.8 Å². The Morgan fingerprint density at radius 2 is 1.00 bits per heavy atom. The number of aryl methyl sites for hydroxylation is 2. The first kappa shape index (κ1) is 21.6. The van der Waals surface area contributed by atoms with E-state index in [1.807, 2.05) is 0 Å². The van der Waals surface area contributed by atoms with E-state index in [0.29, 0.717) is 0 Å². The first-order valence-electron chi connectivity index (χ1n) is 12.8. The van der Waals surface area contributed by atoms with Crippen molar-refractivity contribution in [3.8, 4) is 33.4 Å². The van der Waals surface area contributed by atoms with Gasteiger partial charge < -0.3 is 4.42 Å². The molecule has 0 radical (unpaired) electrons. The number of furan rings is 1. The SMILES string of the molecule is Cc1ccc(-c2ccc(-c3ccc(C)cc3-c3ccc4c(c3)oc3cc5ccccc5cc34)cc2)cc1. The maximum Gasteiger partial charge on any atom is 0.136 e. The molecule has 1 heterocycles. The molecule has 7 rings (SSSR count). The van der Waals surface area contributed by atoms with Gasteiger partial charge in [-0.15, -0.1) is 0 Å². The van der Waals surface area contributed by atoms with E-state index in [1.165, 1.54) is 49.7 Å². The van der Waals surface area contributed by atoms with Crippen LogP contribution in [0.1, 0.15) is 11.1 Å². The average molecular weight is 475 g/mol. The molecule has 37 heavy (non-hydrogen) atoms. The van der Waals surface area contributed by atoms with E-state index in [4.69, 9.17) is 4.42 Å². The van der Waals surface area contributed by atoms with E-state index < -0.39 is 0 Å². The molecule has 0 aliphatic carbocycles. The molecular weight excluding hydrogens is 448 g/mol. The normalized spacial score (nSPS) is 11.5. The molecule has 0 fully saturated rings. The summed E-state index contributed by atoms with van der Waals surface area (Å²) in [7, 11) is 0. The summed E-state index contributed by atoms with van der Waals surface area (Å²) in [6.45, 7) is 4.27. The lowest BCUT2D eigenvalue weighted by molar-refractivity contribution is 0.669. The van der Waals surface area contributed by atoms with Crippen molar-refractivity contribution in [3.05, 3.63) is 132 Å². The molecule has 1 heteroatoms. The van der Waals surface area contributed by atoms with E-state index in [-0.39, 0.29) is 0 Å². The quantitative estimate of drug-likeness (QED) is 0.248. The first-order chi connectivity index (χ1) is 18.1. The van der Waals surface area contributed by atoms with Crippen molar-refractivity contribution in [1.29, 1.82) is 0 Å². The van der Waals surface area contributed by atoms with E-state index in [0.717, 1.165) is 27.5 Å². The Morgan fingerprint density at radius 3 is 1.76 bits per heavy atom. The van der Waals surface area contributed by atoms with Gasteiger partial charge in [0.05, 0.1) is 0 Å². The summed E-state index contributed by atoms with van der Waals surface area (Å²) < 4.78 is 6.37. The minimum Gasteiger partial charge on any atom is -0.456 e. The summed E-state index contributed by atoms with van der Waals surface area (Å²) in [4.78, 5) is 0. The van der Waals surface area contributed by atoms with Crippen LogP contribution in [-0.2, 0) is 0 Å². The third-order valence-corrected chi connectivity index (χ3v) is 7.41. The summed E-state index contributed by atoms with van der Waals surface area (Å²) >= 11 is 0. The highest BCUT2D eigenvalue weighted by Crippen LogP contribution is 2.38. The summed E-state index contributed by atoms with van der Waals surface area (Å²) in [6, 6.07) is 43.8. The molecule has 1 nitrogen and oxygen atoms in total. The van der Waals surface area contributed by atoms with Crippen LogP contribution in [0.2, 0.25) is 0 Å². The summed E-state index contributed by atoms with van der Waals surface area (Å²) in [5.74, 6) is 0. The van der Waals surface area contributed by atoms with Crippen LogP contribution in [0, 0.1) is 13.8 Å². The fourth-order valence-corrected chi connectivity index (χ4v) is 5.37. The molecule has 0 N–H and O–H groups in total. The van der Waals surface area contributed by atoms with Crippen molar-refractivity contribution in [2.75, 3.05) is 0 Å². The Bertz CT molecular complexity index is 1920. The number of hydrogen-bond acceptors (Lipinski definition) is 1. The molecule has 0 aliphatic rings. The summed E-state index contributed by atoms with van der Waals surface area (Å²) in [6.07, 6.45) is 0. The van der Waals surface area contributed by atoms with Gasteiger partial charge in [0.25, 0.3) is 0 Å². The number of fused-ring (bicyclic) bond motifs is 4. The van der Waals surface area contributed by atoms with Crippen molar-refractivity contribution < 1.29 is 4.42 Å². The number of rotatable bonds is 3. The van der Waals surface area contributed by atoms with Gasteiger partial charge in [0.2, 0.25) is 0 Å². The molecular formula is C36H26O. The fraction of sp³-hybridized carbons (Fsp3) is 0.0556. The minimum atomic E-state index is 0.921. The highest BCUT2D eigenvalue weighted by atomic mass is 16.3. The Hall–Kier alpha value is -4.62. The largest absolute Gasteiger partial charge is 0.456 e. The standard InChI is InChI=1S/C36H26O/c1-23-7-10-25(11-8-23)26-12-14-27(15-13-26)31-17-9-24(2)19-33(31)30-16-18-32-34-20-28-5-3-4-6-29(28)21-36(34)37-35(32)22-30/h3-22H,1-2H3. The lowest BCUT2D eigenvalue weighted by Gasteiger charge is -2.13. The molecule has 0 bridgehead atoms. The zero-order chi connectivity index (χ0) is 24.9. The smallest absolute Gasteiger partial charge is 0.136 e. The van der Waals surface area contributed by atoms with Crippen LogP contribution in [0.4, 0.5) is 0 Å². The minimum absolute atomic E-state index is 0.921. The lowest BCUT2D eigenvalue weighted by atomic mass is 9.91. The first-order valence-corrected chi connectivity index (χ1v) is 12.8. The van der Waals surface area contributed by atoms with Gasteiger partial charge in [-0.1, -0.05) is 108 Å². The van der Waals surface area contributed by atoms with Crippen LogP contribution in [0.5, 0.6) is 0 Å². The highest BCUT2D eigenvalue weighted by molar-refractivity contribution is 6.10. The van der Waals surface area contributed by atoms with Crippen molar-refractivity contribution in [3.63, 3.8) is 0 Å². The maximum atomic E-state index is 6.37. The number of hydrogen-bond donors (Lipinski definition) is 0. The van der Waals surface area contributed by atoms with Crippen LogP contribution < -0.4 is 0 Å². The Morgan fingerprint density at radius 1 is 0.405 bits per heavy atom. The van der Waals surface area contributed by atoms with E-state index >= 15 is 0 Å². The molecule has 176 valence electrons. The lowest BCUT2D eigenvalue weighted by Crippen LogP contribution is -1.88. The summed E-state index contributed by atoms with van der Waals surface area (Å²) in [5.41, 5.74) is 11.7. The van der Waals surface area contributed by atoms with Gasteiger partial charge in [-0.3, -0.25) is 0 Å². The molecule has 0 atom stereocenters. The molecule has 0 saturated carbocycles. The Labute approximate surface area is 216 Å². The summed E-state index contributed by atoms with van der Waals surface area (Å²) in [5, 5.41) is 4.75. The van der Waals surface area contributed by atoms with E-state index in [2.05, 4.69) is 135 Å². The van der Waals surface area contributed by atoms with Crippen LogP contribution >= 0.6 is 0 Å². The molecule has 0 amide bonds. The zero-order valence-electron chi connectivity index (χ0n) is 21.0. The predicted octanol–water partition coefficient (Wildman–Crippen LogP) is 10.4. The molecule has 1 aromatic heterocycles. The van der Waals surface area contributed by atoms with Crippen LogP contribution in [0.15, 0.2) is 126 Å². The third kappa shape index (κ3) is 3.80. The molecule has 0 aliphatic heterocycles. The van der Waals surface area contributed by atoms with E-state index in [1.54, 1.807) is 0 Å². The predicted molar refractivity (Wildman–Crippen MR) is 157 cm³/mol. The molecule has 7 aromatic rings. The molecule has 0 spiro atoms. The van der Waals surface area contributed by atoms with Gasteiger partial charge >= 0.3 is 0 Å². The van der Waals surface area contributed by atoms with Crippen molar-refractivity contribution in [2.45, 2.75) is 13.8 Å². The van der Waals surface area contributed by atoms with Crippen LogP contribution in [-0.4, -0.2) is 0 Å². The van der Waals surface area contributed by atoms with Gasteiger partial charge in [-0.2, -0.15) is 0 Å². The molecule has 6 aromatic carbocycles. The fourth-order valence-electron chi connectivity index (χ4n) is 5.37. The van der Waals surface area contributed by atoms with Crippen molar-refractivity contribution in [1.82, 2.24) is 0 Å². The average Bonchev–Trinajstić information content (AvgIpc) is 3.29. The van der Waals surface area contributed by atoms with Crippen molar-refractivity contribution >= 4 is 32.7 Å². The third-order valence-electron chi connectivity index (χ3n) is 7.41. The number of benzene rings is 6. The highest BCUT2D eigenvalue weighted by Gasteiger charge is 2.13. The van der Waals surface area contributed by atoms with Crippen LogP contribution in [0.3, 0.4) is 0 Å². The Balaban J connectivity index is 1.33. The molecule has 0 unspecified atom stereocenters. The zero-order valence-corrected chi connectivity index (χ0v) is 21.0. The Kier molecular flexibility index (Phi) is 4.97. The molecule has 0 saturated heterocycles. The van der Waals surface area contributed by atoms with Gasteiger partial charge in [-0.25, -0.2) is 0 Å². The van der Waals surface area contributed by atoms with Gasteiger partial charge in [0.1, 0.15) is 11.2 Å². The monoisotopic (exact) mass is 474 g/mol. The second-order valence-electron chi connectivity index (χ2n) is 10.0. The topological polar surface area (TPSA) is 13.1 Å². The second-order valence-corrected chi connectivity index (χ2v) is 10.0. The van der Waals surface area contributed by atoms with Gasteiger partial charge in [0.15, 0.2) is 0 Å². The van der Waals surface area contributed by atoms with Crippen molar-refractivity contribution in [2.24, 2.45) is 0 Å². The van der Waals surface area contributed by atoms with Crippen LogP contribution in [0.25, 0.3) is 66.1 Å².